The van der Waals surface area contributed by atoms with Crippen molar-refractivity contribution in [2.75, 3.05) is 0 Å². The Kier molecular flexibility index (Phi) is 2.84. The summed E-state index contributed by atoms with van der Waals surface area (Å²) in [6.07, 6.45) is 4.67. The van der Waals surface area contributed by atoms with Gasteiger partial charge in [0.15, 0.2) is 11.5 Å². The van der Waals surface area contributed by atoms with E-state index >= 15 is 0 Å². The summed E-state index contributed by atoms with van der Waals surface area (Å²) in [4.78, 5) is 0. The Morgan fingerprint density at radius 1 is 1.00 bits per heavy atom. The topological polar surface area (TPSA) is 40.5 Å². The molecule has 1 fully saturated rings. The van der Waals surface area contributed by atoms with Gasteiger partial charge in [-0.25, -0.2) is 0 Å². The van der Waals surface area contributed by atoms with Gasteiger partial charge in [-0.2, -0.15) is 0 Å². The summed E-state index contributed by atoms with van der Waals surface area (Å²) in [6, 6.07) is 5.31. The standard InChI is InChI=1S/C15H22O2/c1-14(2)9-4-5-10-15(14,3)11-7-6-8-12(16)13(11)17/h6-8,16-17H,4-5,9-10H2,1-3H3. The van der Waals surface area contributed by atoms with Crippen LogP contribution in [-0.4, -0.2) is 10.2 Å². The van der Waals surface area contributed by atoms with Crippen molar-refractivity contribution in [2.24, 2.45) is 5.41 Å². The molecule has 0 saturated heterocycles. The highest BCUT2D eigenvalue weighted by molar-refractivity contribution is 5.49. The molecule has 0 bridgehead atoms. The molecule has 2 nitrogen and oxygen atoms in total. The van der Waals surface area contributed by atoms with Crippen LogP contribution in [0.5, 0.6) is 11.5 Å². The molecule has 1 aliphatic carbocycles. The SMILES string of the molecule is CC1(C)CCCCC1(C)c1cccc(O)c1O. The molecular weight excluding hydrogens is 212 g/mol. The van der Waals surface area contributed by atoms with Crippen molar-refractivity contribution >= 4 is 0 Å². The number of phenolic OH excluding ortho intramolecular Hbond substituents is 2. The summed E-state index contributed by atoms with van der Waals surface area (Å²) in [5.41, 5.74) is 0.979. The fourth-order valence-corrected chi connectivity index (χ4v) is 3.14. The molecule has 0 spiro atoms. The van der Waals surface area contributed by atoms with Crippen LogP contribution in [0.3, 0.4) is 0 Å². The molecule has 0 aromatic heterocycles. The van der Waals surface area contributed by atoms with Crippen molar-refractivity contribution < 1.29 is 10.2 Å². The van der Waals surface area contributed by atoms with Crippen molar-refractivity contribution in [2.45, 2.75) is 51.9 Å². The highest BCUT2D eigenvalue weighted by Gasteiger charge is 2.45. The van der Waals surface area contributed by atoms with Gasteiger partial charge in [0.25, 0.3) is 0 Å². The molecular formula is C15H22O2. The summed E-state index contributed by atoms with van der Waals surface area (Å²) in [6.45, 7) is 6.73. The average molecular weight is 234 g/mol. The Labute approximate surface area is 103 Å². The summed E-state index contributed by atoms with van der Waals surface area (Å²) >= 11 is 0. The number of hydrogen-bond acceptors (Lipinski definition) is 2. The van der Waals surface area contributed by atoms with Crippen LogP contribution in [-0.2, 0) is 5.41 Å². The molecule has 1 aromatic rings. The van der Waals surface area contributed by atoms with Crippen LogP contribution in [0.1, 0.15) is 52.0 Å². The molecule has 1 aromatic carbocycles. The Bertz CT molecular complexity index is 423. The molecule has 1 saturated carbocycles. The highest BCUT2D eigenvalue weighted by atomic mass is 16.3. The third kappa shape index (κ3) is 1.80. The number of rotatable bonds is 1. The van der Waals surface area contributed by atoms with E-state index in [1.165, 1.54) is 25.3 Å². The lowest BCUT2D eigenvalue weighted by Crippen LogP contribution is -2.42. The van der Waals surface area contributed by atoms with Crippen LogP contribution in [0.25, 0.3) is 0 Å². The van der Waals surface area contributed by atoms with E-state index in [0.29, 0.717) is 0 Å². The van der Waals surface area contributed by atoms with Crippen LogP contribution in [0.2, 0.25) is 0 Å². The molecule has 0 amide bonds. The second-order valence-corrected chi connectivity index (χ2v) is 6.10. The monoisotopic (exact) mass is 234 g/mol. The number of hydrogen-bond donors (Lipinski definition) is 2. The normalized spacial score (nSPS) is 27.9. The van der Waals surface area contributed by atoms with Gasteiger partial charge in [0.1, 0.15) is 0 Å². The molecule has 17 heavy (non-hydrogen) atoms. The van der Waals surface area contributed by atoms with Gasteiger partial charge in [-0.1, -0.05) is 45.7 Å². The fraction of sp³-hybridized carbons (Fsp3) is 0.600. The summed E-state index contributed by atoms with van der Waals surface area (Å²) in [5, 5.41) is 19.8. The van der Waals surface area contributed by atoms with Gasteiger partial charge in [0.2, 0.25) is 0 Å². The van der Waals surface area contributed by atoms with E-state index in [2.05, 4.69) is 20.8 Å². The fourth-order valence-electron chi connectivity index (χ4n) is 3.14. The summed E-state index contributed by atoms with van der Waals surface area (Å²) < 4.78 is 0. The zero-order valence-corrected chi connectivity index (χ0v) is 11.0. The van der Waals surface area contributed by atoms with E-state index in [1.807, 2.05) is 12.1 Å². The molecule has 1 atom stereocenters. The summed E-state index contributed by atoms with van der Waals surface area (Å²) in [7, 11) is 0. The van der Waals surface area contributed by atoms with E-state index in [4.69, 9.17) is 0 Å². The first kappa shape index (κ1) is 12.3. The van der Waals surface area contributed by atoms with Crippen molar-refractivity contribution in [1.29, 1.82) is 0 Å². The van der Waals surface area contributed by atoms with Crippen molar-refractivity contribution in [3.8, 4) is 11.5 Å². The smallest absolute Gasteiger partial charge is 0.161 e. The molecule has 0 aliphatic heterocycles. The van der Waals surface area contributed by atoms with E-state index in [1.54, 1.807) is 0 Å². The third-order valence-electron chi connectivity index (χ3n) is 4.83. The minimum atomic E-state index is -0.0614. The van der Waals surface area contributed by atoms with E-state index in [0.717, 1.165) is 12.0 Å². The second kappa shape index (κ2) is 3.94. The van der Waals surface area contributed by atoms with Gasteiger partial charge < -0.3 is 10.2 Å². The lowest BCUT2D eigenvalue weighted by molar-refractivity contribution is 0.106. The van der Waals surface area contributed by atoms with E-state index in [-0.39, 0.29) is 22.3 Å². The predicted octanol–water partition coefficient (Wildman–Crippen LogP) is 3.96. The van der Waals surface area contributed by atoms with E-state index in [9.17, 15) is 10.2 Å². The Morgan fingerprint density at radius 2 is 1.65 bits per heavy atom. The quantitative estimate of drug-likeness (QED) is 0.722. The molecule has 1 unspecified atom stereocenters. The zero-order valence-electron chi connectivity index (χ0n) is 11.0. The van der Waals surface area contributed by atoms with Gasteiger partial charge in [-0.3, -0.25) is 0 Å². The maximum absolute atomic E-state index is 10.1. The second-order valence-electron chi connectivity index (χ2n) is 6.10. The highest BCUT2D eigenvalue weighted by Crippen LogP contribution is 2.54. The van der Waals surface area contributed by atoms with Gasteiger partial charge in [0.05, 0.1) is 0 Å². The first-order chi connectivity index (χ1) is 7.88. The number of benzene rings is 1. The minimum Gasteiger partial charge on any atom is -0.504 e. The van der Waals surface area contributed by atoms with Gasteiger partial charge in [0, 0.05) is 11.0 Å². The largest absolute Gasteiger partial charge is 0.504 e. The van der Waals surface area contributed by atoms with Crippen LogP contribution >= 0.6 is 0 Å². The van der Waals surface area contributed by atoms with Gasteiger partial charge in [-0.15, -0.1) is 0 Å². The van der Waals surface area contributed by atoms with Crippen molar-refractivity contribution in [3.63, 3.8) is 0 Å². The average Bonchev–Trinajstić information content (AvgIpc) is 2.26. The lowest BCUT2D eigenvalue weighted by atomic mass is 9.56. The van der Waals surface area contributed by atoms with Gasteiger partial charge in [-0.05, 0) is 24.3 Å². The molecule has 2 rings (SSSR count). The molecule has 1 aliphatic rings. The lowest BCUT2D eigenvalue weighted by Gasteiger charge is -2.48. The Hall–Kier alpha value is -1.18. The summed E-state index contributed by atoms with van der Waals surface area (Å²) in [5.74, 6) is 0.0510. The number of aromatic hydroxyl groups is 2. The third-order valence-corrected chi connectivity index (χ3v) is 4.83. The number of para-hydroxylation sites is 1. The zero-order chi connectivity index (χ0) is 12.7. The van der Waals surface area contributed by atoms with Crippen LogP contribution in [0, 0.1) is 5.41 Å². The van der Waals surface area contributed by atoms with Crippen LogP contribution < -0.4 is 0 Å². The molecule has 2 heteroatoms. The minimum absolute atomic E-state index is 0.00917. The van der Waals surface area contributed by atoms with Gasteiger partial charge >= 0.3 is 0 Å². The molecule has 0 radical (unpaired) electrons. The number of phenols is 2. The maximum Gasteiger partial charge on any atom is 0.161 e. The van der Waals surface area contributed by atoms with Crippen LogP contribution in [0.4, 0.5) is 0 Å². The predicted molar refractivity (Wildman–Crippen MR) is 69.4 cm³/mol. The Morgan fingerprint density at radius 3 is 2.29 bits per heavy atom. The first-order valence-electron chi connectivity index (χ1n) is 6.40. The van der Waals surface area contributed by atoms with E-state index < -0.39 is 0 Å². The van der Waals surface area contributed by atoms with Crippen molar-refractivity contribution in [3.05, 3.63) is 23.8 Å². The van der Waals surface area contributed by atoms with Crippen LogP contribution in [0.15, 0.2) is 18.2 Å². The molecule has 2 N–H and O–H groups in total. The Balaban J connectivity index is 2.53. The molecule has 0 heterocycles. The van der Waals surface area contributed by atoms with Crippen molar-refractivity contribution in [1.82, 2.24) is 0 Å². The first-order valence-corrected chi connectivity index (χ1v) is 6.40. The molecule has 94 valence electrons. The maximum atomic E-state index is 10.1.